The Morgan fingerprint density at radius 1 is 0.911 bits per heavy atom. The standard InChI is InChI=1S/C43H60N6O6S/c1-2-48-17-9-15-35(48)27-44-40(51)26-39(50)37(22-30-10-4-3-5-11-30)46-43(54)38(25-34-28-56-29-45-34)47-42(53)33(24-41(52)49-18-20-55-21-19-49)23-32-14-8-13-31-12-6-7-16-36(31)32/h6-8,12-14,16,28-30,33,35,37-39,50H,2-5,9-11,15,17-27H2,1H3,(H,44,51)(H,46,54)(H,47,53)/t33-,35?,37+,38?,39+/m1/s1. The molecule has 0 bridgehead atoms. The second kappa shape index (κ2) is 21.0. The predicted molar refractivity (Wildman–Crippen MR) is 218 cm³/mol. The van der Waals surface area contributed by atoms with Crippen LogP contribution < -0.4 is 16.0 Å². The van der Waals surface area contributed by atoms with Gasteiger partial charge in [-0.05, 0) is 61.0 Å². The van der Waals surface area contributed by atoms with Gasteiger partial charge in [0.2, 0.25) is 23.6 Å². The minimum absolute atomic E-state index is 0.0188. The number of ether oxygens (including phenoxy) is 1. The molecule has 3 aromatic rings. The molecule has 56 heavy (non-hydrogen) atoms. The average Bonchev–Trinajstić information content (AvgIpc) is 3.92. The van der Waals surface area contributed by atoms with Gasteiger partial charge in [0.25, 0.3) is 0 Å². The van der Waals surface area contributed by atoms with Crippen LogP contribution in [0.2, 0.25) is 0 Å². The van der Waals surface area contributed by atoms with Crippen molar-refractivity contribution in [3.05, 3.63) is 64.6 Å². The van der Waals surface area contributed by atoms with Gasteiger partial charge in [-0.3, -0.25) is 24.1 Å². The molecule has 1 saturated carbocycles. The lowest BCUT2D eigenvalue weighted by molar-refractivity contribution is -0.140. The Hall–Kier alpha value is -3.91. The van der Waals surface area contributed by atoms with Crippen LogP contribution in [-0.4, -0.2) is 114 Å². The highest BCUT2D eigenvalue weighted by Crippen LogP contribution is 2.29. The Bertz CT molecular complexity index is 1720. The summed E-state index contributed by atoms with van der Waals surface area (Å²) in [6.45, 7) is 6.48. The fourth-order valence-corrected chi connectivity index (χ4v) is 9.32. The summed E-state index contributed by atoms with van der Waals surface area (Å²) in [7, 11) is 0. The maximum Gasteiger partial charge on any atom is 0.243 e. The lowest BCUT2D eigenvalue weighted by Gasteiger charge is -2.32. The summed E-state index contributed by atoms with van der Waals surface area (Å²) < 4.78 is 5.47. The maximum absolute atomic E-state index is 14.4. The zero-order valence-electron chi connectivity index (χ0n) is 32.8. The fraction of sp³-hybridized carbons (Fsp3) is 0.605. The first-order valence-electron chi connectivity index (χ1n) is 20.8. The van der Waals surface area contributed by atoms with Gasteiger partial charge in [0.1, 0.15) is 6.04 Å². The molecule has 2 saturated heterocycles. The average molecular weight is 789 g/mol. The summed E-state index contributed by atoms with van der Waals surface area (Å²) in [5, 5.41) is 24.7. The topological polar surface area (TPSA) is 153 Å². The number of fused-ring (bicyclic) bond motifs is 1. The summed E-state index contributed by atoms with van der Waals surface area (Å²) in [4.78, 5) is 64.2. The van der Waals surface area contributed by atoms with Crippen LogP contribution in [0, 0.1) is 11.8 Å². The molecule has 4 amide bonds. The molecule has 4 N–H and O–H groups in total. The lowest BCUT2D eigenvalue weighted by Crippen LogP contribution is -2.55. The molecule has 0 radical (unpaired) electrons. The third-order valence-electron chi connectivity index (χ3n) is 12.0. The zero-order chi connectivity index (χ0) is 39.3. The molecular weight excluding hydrogens is 729 g/mol. The Balaban J connectivity index is 1.19. The van der Waals surface area contributed by atoms with Crippen molar-refractivity contribution in [2.75, 3.05) is 45.9 Å². The number of hydrogen-bond donors (Lipinski definition) is 4. The number of carbonyl (C=O) groups excluding carboxylic acids is 4. The summed E-state index contributed by atoms with van der Waals surface area (Å²) in [5.74, 6) is -1.65. The molecule has 6 rings (SSSR count). The molecule has 2 aliphatic heterocycles. The van der Waals surface area contributed by atoms with Crippen molar-refractivity contribution in [2.24, 2.45) is 11.8 Å². The Morgan fingerprint density at radius 2 is 1.70 bits per heavy atom. The number of carbonyl (C=O) groups is 4. The van der Waals surface area contributed by atoms with Gasteiger partial charge in [0.05, 0.1) is 48.9 Å². The Kier molecular flexibility index (Phi) is 15.7. The number of rotatable bonds is 18. The van der Waals surface area contributed by atoms with E-state index >= 15 is 0 Å². The summed E-state index contributed by atoms with van der Waals surface area (Å²) in [6, 6.07) is 12.6. The van der Waals surface area contributed by atoms with E-state index in [0.717, 1.165) is 68.0 Å². The van der Waals surface area contributed by atoms with E-state index in [1.54, 1.807) is 10.4 Å². The molecule has 13 heteroatoms. The predicted octanol–water partition coefficient (Wildman–Crippen LogP) is 4.24. The van der Waals surface area contributed by atoms with Gasteiger partial charge in [-0.15, -0.1) is 11.3 Å². The van der Waals surface area contributed by atoms with E-state index in [2.05, 4.69) is 32.8 Å². The van der Waals surface area contributed by atoms with E-state index in [1.165, 1.54) is 17.8 Å². The van der Waals surface area contributed by atoms with Crippen molar-refractivity contribution >= 4 is 45.7 Å². The molecule has 12 nitrogen and oxygen atoms in total. The van der Waals surface area contributed by atoms with E-state index < -0.39 is 35.9 Å². The third-order valence-corrected chi connectivity index (χ3v) is 12.6. The summed E-state index contributed by atoms with van der Waals surface area (Å²) >= 11 is 1.41. The minimum Gasteiger partial charge on any atom is -0.390 e. The number of aliphatic hydroxyl groups is 1. The van der Waals surface area contributed by atoms with Gasteiger partial charge >= 0.3 is 0 Å². The van der Waals surface area contributed by atoms with Crippen molar-refractivity contribution < 1.29 is 29.0 Å². The van der Waals surface area contributed by atoms with Gasteiger partial charge in [0.15, 0.2) is 0 Å². The fourth-order valence-electron chi connectivity index (χ4n) is 8.75. The van der Waals surface area contributed by atoms with Crippen LogP contribution in [0.15, 0.2) is 53.4 Å². The lowest BCUT2D eigenvalue weighted by atomic mass is 9.83. The number of amides is 4. The maximum atomic E-state index is 14.4. The quantitative estimate of drug-likeness (QED) is 0.150. The molecule has 3 fully saturated rings. The number of aliphatic hydroxyl groups excluding tert-OH is 1. The first kappa shape index (κ1) is 41.7. The van der Waals surface area contributed by atoms with E-state index in [4.69, 9.17) is 4.74 Å². The summed E-state index contributed by atoms with van der Waals surface area (Å²) in [5.41, 5.74) is 3.29. The van der Waals surface area contributed by atoms with Gasteiger partial charge in [-0.25, -0.2) is 4.98 Å². The van der Waals surface area contributed by atoms with Gasteiger partial charge in [-0.1, -0.05) is 81.5 Å². The second-order valence-electron chi connectivity index (χ2n) is 15.8. The van der Waals surface area contributed by atoms with Crippen LogP contribution >= 0.6 is 11.3 Å². The van der Waals surface area contributed by atoms with E-state index in [1.807, 2.05) is 47.8 Å². The molecule has 1 aliphatic carbocycles. The van der Waals surface area contributed by atoms with Gasteiger partial charge < -0.3 is 30.7 Å². The summed E-state index contributed by atoms with van der Waals surface area (Å²) in [6.07, 6.45) is 7.27. The van der Waals surface area contributed by atoms with E-state index in [9.17, 15) is 24.3 Å². The van der Waals surface area contributed by atoms with Crippen molar-refractivity contribution in [2.45, 2.75) is 108 Å². The van der Waals surface area contributed by atoms with E-state index in [-0.39, 0.29) is 31.1 Å². The normalized spacial score (nSPS) is 20.2. The zero-order valence-corrected chi connectivity index (χ0v) is 33.7. The largest absolute Gasteiger partial charge is 0.390 e. The number of nitrogens with one attached hydrogen (secondary N) is 3. The van der Waals surface area contributed by atoms with Gasteiger partial charge in [-0.2, -0.15) is 0 Å². The van der Waals surface area contributed by atoms with Crippen LogP contribution in [0.4, 0.5) is 0 Å². The molecule has 2 aromatic carbocycles. The smallest absolute Gasteiger partial charge is 0.243 e. The molecule has 1 aromatic heterocycles. The number of likely N-dealkylation sites (N-methyl/N-ethyl adjacent to an activating group) is 1. The monoisotopic (exact) mass is 788 g/mol. The number of likely N-dealkylation sites (tertiary alicyclic amines) is 1. The number of aromatic nitrogens is 1. The van der Waals surface area contributed by atoms with Crippen molar-refractivity contribution in [1.29, 1.82) is 0 Å². The van der Waals surface area contributed by atoms with Crippen molar-refractivity contribution in [3.63, 3.8) is 0 Å². The Labute approximate surface area is 335 Å². The second-order valence-corrected chi connectivity index (χ2v) is 16.6. The van der Waals surface area contributed by atoms with E-state index in [0.29, 0.717) is 63.3 Å². The minimum atomic E-state index is -1.10. The highest BCUT2D eigenvalue weighted by atomic mass is 32.1. The Morgan fingerprint density at radius 3 is 2.46 bits per heavy atom. The van der Waals surface area contributed by atoms with Gasteiger partial charge in [0, 0.05) is 43.9 Å². The number of thiazole rings is 1. The molecule has 3 aliphatic rings. The van der Waals surface area contributed by atoms with Crippen LogP contribution in [0.5, 0.6) is 0 Å². The first-order chi connectivity index (χ1) is 27.3. The molecule has 304 valence electrons. The molecule has 3 heterocycles. The number of morpholine rings is 1. The third kappa shape index (κ3) is 11.8. The van der Waals surface area contributed by atoms with Crippen LogP contribution in [0.3, 0.4) is 0 Å². The van der Waals surface area contributed by atoms with Crippen LogP contribution in [0.25, 0.3) is 10.8 Å². The van der Waals surface area contributed by atoms with Crippen molar-refractivity contribution in [1.82, 2.24) is 30.7 Å². The number of benzene rings is 2. The van der Waals surface area contributed by atoms with Crippen LogP contribution in [-0.2, 0) is 36.8 Å². The number of hydrogen-bond acceptors (Lipinski definition) is 9. The SMILES string of the molecule is CCN1CCCC1CNC(=O)C[C@H](O)[C@H](CC1CCCCC1)NC(=O)C(Cc1cscn1)NC(=O)[C@@H](CC(=O)N1CCOCC1)Cc1cccc2ccccc12. The molecule has 5 atom stereocenters. The van der Waals surface area contributed by atoms with Crippen molar-refractivity contribution in [3.8, 4) is 0 Å². The first-order valence-corrected chi connectivity index (χ1v) is 21.7. The molecule has 2 unspecified atom stereocenters. The molecule has 0 spiro atoms. The highest BCUT2D eigenvalue weighted by molar-refractivity contribution is 7.07. The molecular formula is C43H60N6O6S. The highest BCUT2D eigenvalue weighted by Gasteiger charge is 2.34. The number of nitrogens with zero attached hydrogens (tertiary/aromatic N) is 3. The van der Waals surface area contributed by atoms with Crippen LogP contribution in [0.1, 0.15) is 82.4 Å².